The lowest BCUT2D eigenvalue weighted by atomic mass is 10.1. The topological polar surface area (TPSA) is 57.7 Å². The average Bonchev–Trinajstić information content (AvgIpc) is 3.46. The van der Waals surface area contributed by atoms with Crippen LogP contribution in [-0.4, -0.2) is 40.6 Å². The molecule has 0 spiro atoms. The lowest BCUT2D eigenvalue weighted by Gasteiger charge is -2.17. The Bertz CT molecular complexity index is 834. The molecule has 1 fully saturated rings. The molecule has 0 radical (unpaired) electrons. The normalized spacial score (nSPS) is 16.1. The molecule has 2 aromatic carbocycles. The molecular weight excluding hydrogens is 316 g/mol. The van der Waals surface area contributed by atoms with Crippen LogP contribution >= 0.6 is 0 Å². The Kier molecular flexibility index (Phi) is 3.64. The van der Waals surface area contributed by atoms with Crippen LogP contribution in [-0.2, 0) is 6.54 Å². The molecule has 2 aromatic rings. The van der Waals surface area contributed by atoms with Gasteiger partial charge in [-0.1, -0.05) is 24.3 Å². The molecule has 5 nitrogen and oxygen atoms in total. The van der Waals surface area contributed by atoms with Crippen molar-refractivity contribution in [2.45, 2.75) is 25.4 Å². The first-order chi connectivity index (χ1) is 12.1. The van der Waals surface area contributed by atoms with Crippen molar-refractivity contribution in [3.63, 3.8) is 0 Å². The number of rotatable bonds is 4. The molecule has 0 aromatic heterocycles. The first kappa shape index (κ1) is 15.6. The van der Waals surface area contributed by atoms with Crippen molar-refractivity contribution in [3.8, 4) is 0 Å². The molecule has 0 unspecified atom stereocenters. The average molecular weight is 334 g/mol. The minimum Gasteiger partial charge on any atom is -0.339 e. The fourth-order valence-corrected chi connectivity index (χ4v) is 3.15. The van der Waals surface area contributed by atoms with Gasteiger partial charge in [0.25, 0.3) is 17.7 Å². The molecule has 1 aliphatic heterocycles. The molecule has 1 saturated carbocycles. The molecule has 0 saturated heterocycles. The standard InChI is InChI=1S/C20H18N2O3/c1-21(15-10-11-15)18(23)14-8-6-13(7-9-14)12-22-19(24)16-4-2-3-5-17(16)20(22)25/h2-9,15H,10-12H2,1H3. The summed E-state index contributed by atoms with van der Waals surface area (Å²) in [5.41, 5.74) is 2.34. The van der Waals surface area contributed by atoms with Gasteiger partial charge >= 0.3 is 0 Å². The van der Waals surface area contributed by atoms with Crippen molar-refractivity contribution < 1.29 is 14.4 Å². The molecule has 25 heavy (non-hydrogen) atoms. The number of carbonyl (C=O) groups excluding carboxylic acids is 3. The molecule has 0 N–H and O–H groups in total. The largest absolute Gasteiger partial charge is 0.339 e. The first-order valence-corrected chi connectivity index (χ1v) is 8.37. The maximum absolute atomic E-state index is 12.4. The molecule has 1 heterocycles. The van der Waals surface area contributed by atoms with Gasteiger partial charge in [-0.25, -0.2) is 0 Å². The number of amides is 3. The highest BCUT2D eigenvalue weighted by atomic mass is 16.2. The van der Waals surface area contributed by atoms with E-state index in [0.29, 0.717) is 22.7 Å². The van der Waals surface area contributed by atoms with Crippen molar-refractivity contribution in [1.29, 1.82) is 0 Å². The molecular formula is C20H18N2O3. The molecule has 4 rings (SSSR count). The zero-order valence-corrected chi connectivity index (χ0v) is 13.9. The number of hydrogen-bond donors (Lipinski definition) is 0. The van der Waals surface area contributed by atoms with E-state index in [4.69, 9.17) is 0 Å². The third-order valence-electron chi connectivity index (χ3n) is 4.83. The van der Waals surface area contributed by atoms with E-state index in [0.717, 1.165) is 18.4 Å². The zero-order chi connectivity index (χ0) is 17.6. The molecule has 5 heteroatoms. The van der Waals surface area contributed by atoms with Gasteiger partial charge in [0.2, 0.25) is 0 Å². The monoisotopic (exact) mass is 334 g/mol. The van der Waals surface area contributed by atoms with Gasteiger partial charge < -0.3 is 4.90 Å². The summed E-state index contributed by atoms with van der Waals surface area (Å²) in [5.74, 6) is -0.529. The van der Waals surface area contributed by atoms with Crippen LogP contribution in [0.25, 0.3) is 0 Å². The van der Waals surface area contributed by atoms with Crippen molar-refractivity contribution in [3.05, 3.63) is 70.8 Å². The van der Waals surface area contributed by atoms with E-state index in [-0.39, 0.29) is 24.3 Å². The van der Waals surface area contributed by atoms with E-state index >= 15 is 0 Å². The van der Waals surface area contributed by atoms with Gasteiger partial charge in [-0.15, -0.1) is 0 Å². The second-order valence-corrected chi connectivity index (χ2v) is 6.59. The maximum Gasteiger partial charge on any atom is 0.261 e. The number of fused-ring (bicyclic) bond motifs is 1. The smallest absolute Gasteiger partial charge is 0.261 e. The van der Waals surface area contributed by atoms with Crippen LogP contribution in [0.3, 0.4) is 0 Å². The quantitative estimate of drug-likeness (QED) is 0.808. The number of benzene rings is 2. The Hall–Kier alpha value is -2.95. The molecule has 1 aliphatic carbocycles. The van der Waals surface area contributed by atoms with E-state index in [1.165, 1.54) is 4.90 Å². The molecule has 0 atom stereocenters. The van der Waals surface area contributed by atoms with Crippen molar-refractivity contribution in [1.82, 2.24) is 9.80 Å². The van der Waals surface area contributed by atoms with Crippen LogP contribution in [0.5, 0.6) is 0 Å². The van der Waals surface area contributed by atoms with E-state index in [1.807, 2.05) is 7.05 Å². The Morgan fingerprint density at radius 3 is 2.08 bits per heavy atom. The Morgan fingerprint density at radius 1 is 1.00 bits per heavy atom. The Balaban J connectivity index is 1.50. The number of nitrogens with zero attached hydrogens (tertiary/aromatic N) is 2. The highest BCUT2D eigenvalue weighted by Crippen LogP contribution is 2.27. The van der Waals surface area contributed by atoms with Crippen molar-refractivity contribution >= 4 is 17.7 Å². The van der Waals surface area contributed by atoms with E-state index in [9.17, 15) is 14.4 Å². The summed E-state index contributed by atoms with van der Waals surface area (Å²) in [6.45, 7) is 0.208. The summed E-state index contributed by atoms with van der Waals surface area (Å²) < 4.78 is 0. The summed E-state index contributed by atoms with van der Waals surface area (Å²) in [4.78, 5) is 40.2. The second-order valence-electron chi connectivity index (χ2n) is 6.59. The van der Waals surface area contributed by atoms with Gasteiger partial charge in [0, 0.05) is 18.7 Å². The van der Waals surface area contributed by atoms with Crippen LogP contribution < -0.4 is 0 Å². The fourth-order valence-electron chi connectivity index (χ4n) is 3.15. The van der Waals surface area contributed by atoms with Gasteiger partial charge in [-0.3, -0.25) is 19.3 Å². The van der Waals surface area contributed by atoms with Crippen LogP contribution in [0, 0.1) is 0 Å². The predicted octanol–water partition coefficient (Wildman–Crippen LogP) is 2.72. The van der Waals surface area contributed by atoms with Crippen LogP contribution in [0.4, 0.5) is 0 Å². The summed E-state index contributed by atoms with van der Waals surface area (Å²) in [6.07, 6.45) is 2.14. The predicted molar refractivity (Wildman–Crippen MR) is 92.2 cm³/mol. The summed E-state index contributed by atoms with van der Waals surface area (Å²) in [7, 11) is 1.83. The Labute approximate surface area is 145 Å². The summed E-state index contributed by atoms with van der Waals surface area (Å²) in [6, 6.07) is 14.3. The van der Waals surface area contributed by atoms with Gasteiger partial charge in [-0.2, -0.15) is 0 Å². The van der Waals surface area contributed by atoms with Gasteiger partial charge in [0.05, 0.1) is 17.7 Å². The minimum absolute atomic E-state index is 0.00906. The Morgan fingerprint density at radius 2 is 1.56 bits per heavy atom. The highest BCUT2D eigenvalue weighted by molar-refractivity contribution is 6.21. The number of carbonyl (C=O) groups is 3. The zero-order valence-electron chi connectivity index (χ0n) is 13.9. The van der Waals surface area contributed by atoms with Gasteiger partial charge in [0.15, 0.2) is 0 Å². The third kappa shape index (κ3) is 2.71. The summed E-state index contributed by atoms with van der Waals surface area (Å²) >= 11 is 0. The number of hydrogen-bond acceptors (Lipinski definition) is 3. The fraction of sp³-hybridized carbons (Fsp3) is 0.250. The molecule has 2 aliphatic rings. The molecule has 126 valence electrons. The SMILES string of the molecule is CN(C(=O)c1ccc(CN2C(=O)c3ccccc3C2=O)cc1)C1CC1. The minimum atomic E-state index is -0.269. The maximum atomic E-state index is 12.4. The lowest BCUT2D eigenvalue weighted by molar-refractivity contribution is 0.0641. The lowest BCUT2D eigenvalue weighted by Crippen LogP contribution is -2.29. The highest BCUT2D eigenvalue weighted by Gasteiger charge is 2.35. The van der Waals surface area contributed by atoms with E-state index in [2.05, 4.69) is 0 Å². The van der Waals surface area contributed by atoms with Crippen LogP contribution in [0.1, 0.15) is 49.5 Å². The van der Waals surface area contributed by atoms with E-state index < -0.39 is 0 Å². The third-order valence-corrected chi connectivity index (χ3v) is 4.83. The first-order valence-electron chi connectivity index (χ1n) is 8.37. The van der Waals surface area contributed by atoms with Crippen LogP contribution in [0.15, 0.2) is 48.5 Å². The molecule has 0 bridgehead atoms. The van der Waals surface area contributed by atoms with Crippen molar-refractivity contribution in [2.24, 2.45) is 0 Å². The molecule has 3 amide bonds. The summed E-state index contributed by atoms with van der Waals surface area (Å²) in [5, 5.41) is 0. The van der Waals surface area contributed by atoms with Crippen molar-refractivity contribution in [2.75, 3.05) is 7.05 Å². The van der Waals surface area contributed by atoms with Gasteiger partial charge in [-0.05, 0) is 42.7 Å². The van der Waals surface area contributed by atoms with Gasteiger partial charge in [0.1, 0.15) is 0 Å². The second kappa shape index (κ2) is 5.84. The van der Waals surface area contributed by atoms with Crippen LogP contribution in [0.2, 0.25) is 0 Å². The number of imide groups is 1. The van der Waals surface area contributed by atoms with E-state index in [1.54, 1.807) is 53.4 Å².